The topological polar surface area (TPSA) is 159 Å². The Hall–Kier alpha value is -2.99. The van der Waals surface area contributed by atoms with Crippen LogP contribution in [0.1, 0.15) is 32.1 Å². The number of hydrogen-bond donors (Lipinski definition) is 3. The van der Waals surface area contributed by atoms with Crippen LogP contribution in [0.3, 0.4) is 0 Å². The quantitative estimate of drug-likeness (QED) is 0.437. The van der Waals surface area contributed by atoms with Crippen LogP contribution in [0.2, 0.25) is 0 Å². The summed E-state index contributed by atoms with van der Waals surface area (Å²) in [4.78, 5) is 50.4. The molecule has 1 saturated carbocycles. The fourth-order valence-corrected chi connectivity index (χ4v) is 6.22. The maximum Gasteiger partial charge on any atom is 0.309 e. The van der Waals surface area contributed by atoms with Crippen molar-refractivity contribution in [2.75, 3.05) is 27.2 Å². The molecule has 0 unspecified atom stereocenters. The van der Waals surface area contributed by atoms with Crippen molar-refractivity contribution in [1.82, 2.24) is 19.8 Å². The van der Waals surface area contributed by atoms with Gasteiger partial charge in [-0.05, 0) is 44.2 Å². The van der Waals surface area contributed by atoms with Gasteiger partial charge in [0.1, 0.15) is 0 Å². The zero-order valence-corrected chi connectivity index (χ0v) is 20.8. The van der Waals surface area contributed by atoms with Gasteiger partial charge in [-0.2, -0.15) is 4.31 Å². The van der Waals surface area contributed by atoms with E-state index in [9.17, 15) is 27.6 Å². The summed E-state index contributed by atoms with van der Waals surface area (Å²) >= 11 is 0. The second kappa shape index (κ2) is 11.2. The third-order valence-electron chi connectivity index (χ3n) is 6.71. The van der Waals surface area contributed by atoms with Crippen molar-refractivity contribution in [2.24, 2.45) is 17.6 Å². The lowest BCUT2D eigenvalue weighted by Crippen LogP contribution is -2.58. The van der Waals surface area contributed by atoms with Crippen LogP contribution in [0.5, 0.6) is 0 Å². The Morgan fingerprint density at radius 3 is 2.11 bits per heavy atom. The Kier molecular flexibility index (Phi) is 8.49. The summed E-state index contributed by atoms with van der Waals surface area (Å²) < 4.78 is 27.1. The molecule has 0 spiro atoms. The van der Waals surface area contributed by atoms with Crippen LogP contribution in [0, 0.1) is 11.8 Å². The average molecular weight is 508 g/mol. The number of amides is 4. The molecule has 1 aromatic rings. The number of nitrogens with two attached hydrogens (primary N) is 1. The standard InChI is InChI=1S/C23H33N5O6S/c1-27(2)23(32)16-8-9-18(25-22(31)20(24)29)19(14-16)26-21(30)15-10-12-28(13-11-15)35(33,34)17-6-4-3-5-7-17/h3-7,15-16,18-19H,8-14H2,1-2H3,(H2,24,29)(H,25,31)(H,26,30)/t16-,18-,19+/m0/s1. The molecule has 3 rings (SSSR count). The van der Waals surface area contributed by atoms with Crippen molar-refractivity contribution in [2.45, 2.75) is 49.1 Å². The van der Waals surface area contributed by atoms with Gasteiger partial charge < -0.3 is 21.3 Å². The predicted octanol–water partition coefficient (Wildman–Crippen LogP) is -0.569. The third kappa shape index (κ3) is 6.37. The fourth-order valence-electron chi connectivity index (χ4n) is 4.73. The molecule has 2 aliphatic rings. The van der Waals surface area contributed by atoms with E-state index < -0.39 is 39.8 Å². The van der Waals surface area contributed by atoms with Gasteiger partial charge in [0.25, 0.3) is 0 Å². The molecule has 1 aliphatic carbocycles. The first-order valence-corrected chi connectivity index (χ1v) is 13.1. The summed E-state index contributed by atoms with van der Waals surface area (Å²) in [6.07, 6.45) is 1.92. The molecule has 1 aromatic carbocycles. The molecule has 1 saturated heterocycles. The van der Waals surface area contributed by atoms with E-state index in [1.165, 1.54) is 9.21 Å². The lowest BCUT2D eigenvalue weighted by atomic mass is 9.81. The number of sulfonamides is 1. The van der Waals surface area contributed by atoms with Gasteiger partial charge in [-0.15, -0.1) is 0 Å². The highest BCUT2D eigenvalue weighted by atomic mass is 32.2. The van der Waals surface area contributed by atoms with Crippen molar-refractivity contribution in [3.05, 3.63) is 30.3 Å². The molecule has 12 heteroatoms. The van der Waals surface area contributed by atoms with E-state index in [4.69, 9.17) is 5.73 Å². The summed E-state index contributed by atoms with van der Waals surface area (Å²) in [7, 11) is -0.304. The molecule has 0 radical (unpaired) electrons. The highest BCUT2D eigenvalue weighted by molar-refractivity contribution is 7.89. The highest BCUT2D eigenvalue weighted by Crippen LogP contribution is 2.28. The van der Waals surface area contributed by atoms with Gasteiger partial charge in [0.2, 0.25) is 21.8 Å². The van der Waals surface area contributed by atoms with Gasteiger partial charge in [0.15, 0.2) is 0 Å². The van der Waals surface area contributed by atoms with E-state index in [0.717, 1.165) is 0 Å². The molecule has 4 N–H and O–H groups in total. The fraction of sp³-hybridized carbons (Fsp3) is 0.565. The zero-order chi connectivity index (χ0) is 25.8. The van der Waals surface area contributed by atoms with Crippen LogP contribution in [0.4, 0.5) is 0 Å². The Morgan fingerprint density at radius 1 is 0.914 bits per heavy atom. The minimum absolute atomic E-state index is 0.0663. The second-order valence-electron chi connectivity index (χ2n) is 9.29. The first-order chi connectivity index (χ1) is 16.5. The molecule has 35 heavy (non-hydrogen) atoms. The molecular formula is C23H33N5O6S. The van der Waals surface area contributed by atoms with Crippen LogP contribution < -0.4 is 16.4 Å². The van der Waals surface area contributed by atoms with Crippen molar-refractivity contribution < 1.29 is 27.6 Å². The van der Waals surface area contributed by atoms with E-state index in [2.05, 4.69) is 10.6 Å². The maximum absolute atomic E-state index is 13.1. The van der Waals surface area contributed by atoms with E-state index in [0.29, 0.717) is 32.1 Å². The highest BCUT2D eigenvalue weighted by Gasteiger charge is 2.38. The molecule has 192 valence electrons. The number of carbonyl (C=O) groups excluding carboxylic acids is 4. The van der Waals surface area contributed by atoms with E-state index in [1.807, 2.05) is 0 Å². The van der Waals surface area contributed by atoms with Crippen molar-refractivity contribution in [3.8, 4) is 0 Å². The van der Waals surface area contributed by atoms with Crippen LogP contribution in [0.25, 0.3) is 0 Å². The second-order valence-corrected chi connectivity index (χ2v) is 11.2. The van der Waals surface area contributed by atoms with Crippen LogP contribution in [-0.4, -0.2) is 80.5 Å². The third-order valence-corrected chi connectivity index (χ3v) is 8.63. The van der Waals surface area contributed by atoms with Crippen LogP contribution in [0.15, 0.2) is 35.2 Å². The Morgan fingerprint density at radius 2 is 1.54 bits per heavy atom. The first kappa shape index (κ1) is 26.6. The minimum Gasteiger partial charge on any atom is -0.361 e. The largest absolute Gasteiger partial charge is 0.361 e. The molecular weight excluding hydrogens is 474 g/mol. The molecule has 1 aliphatic heterocycles. The van der Waals surface area contributed by atoms with Gasteiger partial charge >= 0.3 is 11.8 Å². The number of primary amides is 1. The number of benzene rings is 1. The van der Waals surface area contributed by atoms with Crippen molar-refractivity contribution >= 4 is 33.7 Å². The average Bonchev–Trinajstić information content (AvgIpc) is 2.85. The number of nitrogens with zero attached hydrogens (tertiary/aromatic N) is 2. The molecule has 3 atom stereocenters. The Bertz CT molecular complexity index is 1050. The van der Waals surface area contributed by atoms with Crippen molar-refractivity contribution in [1.29, 1.82) is 0 Å². The summed E-state index contributed by atoms with van der Waals surface area (Å²) in [5, 5.41) is 5.52. The number of piperidine rings is 1. The van der Waals surface area contributed by atoms with Gasteiger partial charge in [-0.1, -0.05) is 18.2 Å². The number of hydrogen-bond acceptors (Lipinski definition) is 6. The summed E-state index contributed by atoms with van der Waals surface area (Å²) in [5.74, 6) is -3.12. The molecule has 0 aromatic heterocycles. The smallest absolute Gasteiger partial charge is 0.309 e. The van der Waals surface area contributed by atoms with Crippen LogP contribution >= 0.6 is 0 Å². The predicted molar refractivity (Wildman–Crippen MR) is 127 cm³/mol. The summed E-state index contributed by atoms with van der Waals surface area (Å²) in [6.45, 7) is 0.424. The monoisotopic (exact) mass is 507 g/mol. The summed E-state index contributed by atoms with van der Waals surface area (Å²) in [5.41, 5.74) is 5.07. The molecule has 11 nitrogen and oxygen atoms in total. The number of rotatable bonds is 6. The van der Waals surface area contributed by atoms with Gasteiger partial charge in [-0.25, -0.2) is 8.42 Å². The maximum atomic E-state index is 13.1. The van der Waals surface area contributed by atoms with Gasteiger partial charge in [-0.3, -0.25) is 19.2 Å². The lowest BCUT2D eigenvalue weighted by Gasteiger charge is -2.38. The zero-order valence-electron chi connectivity index (χ0n) is 20.0. The van der Waals surface area contributed by atoms with Gasteiger partial charge in [0.05, 0.1) is 4.90 Å². The van der Waals surface area contributed by atoms with E-state index >= 15 is 0 Å². The number of nitrogens with one attached hydrogen (secondary N) is 2. The SMILES string of the molecule is CN(C)C(=O)[C@H]1CC[C@H](NC(=O)C(N)=O)[C@H](NC(=O)C2CCN(S(=O)(=O)c3ccccc3)CC2)C1. The van der Waals surface area contributed by atoms with Gasteiger partial charge in [0, 0.05) is 51.1 Å². The molecule has 1 heterocycles. The Labute approximate surface area is 205 Å². The molecule has 2 fully saturated rings. The molecule has 4 amide bonds. The summed E-state index contributed by atoms with van der Waals surface area (Å²) in [6, 6.07) is 7.07. The Balaban J connectivity index is 1.64. The van der Waals surface area contributed by atoms with Crippen molar-refractivity contribution in [3.63, 3.8) is 0 Å². The van der Waals surface area contributed by atoms with Crippen LogP contribution in [-0.2, 0) is 29.2 Å². The lowest BCUT2D eigenvalue weighted by molar-refractivity contribution is -0.139. The first-order valence-electron chi connectivity index (χ1n) is 11.7. The normalized spacial score (nSPS) is 23.8. The number of carbonyl (C=O) groups is 4. The minimum atomic E-state index is -3.63. The van der Waals surface area contributed by atoms with E-state index in [-0.39, 0.29) is 35.7 Å². The van der Waals surface area contributed by atoms with E-state index in [1.54, 1.807) is 44.4 Å². The molecule has 0 bridgehead atoms.